The Balaban J connectivity index is 2.01. The van der Waals surface area contributed by atoms with Gasteiger partial charge < -0.3 is 10.2 Å². The first-order valence-electron chi connectivity index (χ1n) is 6.78. The molecule has 18 heavy (non-hydrogen) atoms. The van der Waals surface area contributed by atoms with Crippen molar-refractivity contribution in [2.24, 2.45) is 0 Å². The lowest BCUT2D eigenvalue weighted by atomic mass is 10.0. The Morgan fingerprint density at radius 1 is 1.33 bits per heavy atom. The Hall–Kier alpha value is -0.620. The van der Waals surface area contributed by atoms with Gasteiger partial charge in [0.2, 0.25) is 5.91 Å². The van der Waals surface area contributed by atoms with Gasteiger partial charge in [-0.15, -0.1) is 0 Å². The lowest BCUT2D eigenvalue weighted by molar-refractivity contribution is -0.135. The molecule has 2 aliphatic heterocycles. The van der Waals surface area contributed by atoms with Gasteiger partial charge >= 0.3 is 0 Å². The highest BCUT2D eigenvalue weighted by molar-refractivity contribution is 7.91. The molecular weight excluding hydrogens is 252 g/mol. The first kappa shape index (κ1) is 13.8. The van der Waals surface area contributed by atoms with Crippen molar-refractivity contribution in [3.63, 3.8) is 0 Å². The standard InChI is InChI=1S/C12H22N2O3S/c1-2-14(10-6-8-18(16,17)9-10)12(15)11-5-3-4-7-13-11/h10-11,13H,2-9H2,1H3. The number of hydrogen-bond donors (Lipinski definition) is 1. The van der Waals surface area contributed by atoms with Crippen molar-refractivity contribution in [1.82, 2.24) is 10.2 Å². The maximum atomic E-state index is 12.4. The summed E-state index contributed by atoms with van der Waals surface area (Å²) in [6.45, 7) is 3.40. The largest absolute Gasteiger partial charge is 0.338 e. The van der Waals surface area contributed by atoms with E-state index < -0.39 is 9.84 Å². The summed E-state index contributed by atoms with van der Waals surface area (Å²) >= 11 is 0. The quantitative estimate of drug-likeness (QED) is 0.796. The van der Waals surface area contributed by atoms with Crippen LogP contribution in [0.25, 0.3) is 0 Å². The summed E-state index contributed by atoms with van der Waals surface area (Å²) in [5, 5.41) is 3.24. The fourth-order valence-corrected chi connectivity index (χ4v) is 4.61. The Bertz CT molecular complexity index is 402. The third-order valence-electron chi connectivity index (χ3n) is 3.88. The summed E-state index contributed by atoms with van der Waals surface area (Å²) in [6, 6.07) is -0.224. The van der Waals surface area contributed by atoms with Crippen LogP contribution in [0.2, 0.25) is 0 Å². The van der Waals surface area contributed by atoms with E-state index in [1.165, 1.54) is 0 Å². The molecule has 5 nitrogen and oxygen atoms in total. The molecule has 1 amide bonds. The molecule has 0 radical (unpaired) electrons. The van der Waals surface area contributed by atoms with Crippen LogP contribution in [0.4, 0.5) is 0 Å². The third-order valence-corrected chi connectivity index (χ3v) is 5.63. The van der Waals surface area contributed by atoms with Crippen LogP contribution >= 0.6 is 0 Å². The molecule has 2 saturated heterocycles. The molecule has 0 spiro atoms. The minimum Gasteiger partial charge on any atom is -0.338 e. The minimum atomic E-state index is -2.93. The molecule has 2 aliphatic rings. The van der Waals surface area contributed by atoms with Gasteiger partial charge in [-0.25, -0.2) is 8.42 Å². The van der Waals surface area contributed by atoms with Crippen LogP contribution in [-0.2, 0) is 14.6 Å². The van der Waals surface area contributed by atoms with Gasteiger partial charge in [-0.3, -0.25) is 4.79 Å². The molecule has 2 atom stereocenters. The van der Waals surface area contributed by atoms with E-state index in [2.05, 4.69) is 5.32 Å². The lowest BCUT2D eigenvalue weighted by Crippen LogP contribution is -2.52. The maximum Gasteiger partial charge on any atom is 0.239 e. The van der Waals surface area contributed by atoms with Crippen molar-refractivity contribution in [3.8, 4) is 0 Å². The van der Waals surface area contributed by atoms with Crippen LogP contribution in [0.5, 0.6) is 0 Å². The molecule has 0 aromatic carbocycles. The third kappa shape index (κ3) is 3.03. The summed E-state index contributed by atoms with van der Waals surface area (Å²) in [5.41, 5.74) is 0. The summed E-state index contributed by atoms with van der Waals surface area (Å²) < 4.78 is 23.0. The Morgan fingerprint density at radius 3 is 2.61 bits per heavy atom. The maximum absolute atomic E-state index is 12.4. The molecular formula is C12H22N2O3S. The second-order valence-electron chi connectivity index (χ2n) is 5.18. The fourth-order valence-electron chi connectivity index (χ4n) is 2.88. The van der Waals surface area contributed by atoms with Crippen LogP contribution in [0.3, 0.4) is 0 Å². The molecule has 2 fully saturated rings. The molecule has 0 aliphatic carbocycles. The first-order chi connectivity index (χ1) is 8.53. The van der Waals surface area contributed by atoms with Crippen LogP contribution in [0, 0.1) is 0 Å². The van der Waals surface area contributed by atoms with Crippen LogP contribution < -0.4 is 5.32 Å². The molecule has 6 heteroatoms. The lowest BCUT2D eigenvalue weighted by Gasteiger charge is -2.32. The van der Waals surface area contributed by atoms with Gasteiger partial charge in [0, 0.05) is 12.6 Å². The number of hydrogen-bond acceptors (Lipinski definition) is 4. The fraction of sp³-hybridized carbons (Fsp3) is 0.917. The number of nitrogens with one attached hydrogen (secondary N) is 1. The molecule has 2 unspecified atom stereocenters. The van der Waals surface area contributed by atoms with E-state index in [0.29, 0.717) is 13.0 Å². The van der Waals surface area contributed by atoms with Gasteiger partial charge in [0.15, 0.2) is 9.84 Å². The smallest absolute Gasteiger partial charge is 0.239 e. The zero-order valence-corrected chi connectivity index (χ0v) is 11.7. The monoisotopic (exact) mass is 274 g/mol. The van der Waals surface area contributed by atoms with Crippen molar-refractivity contribution in [3.05, 3.63) is 0 Å². The molecule has 1 N–H and O–H groups in total. The zero-order chi connectivity index (χ0) is 13.2. The highest BCUT2D eigenvalue weighted by atomic mass is 32.2. The molecule has 0 saturated carbocycles. The van der Waals surface area contributed by atoms with Crippen molar-refractivity contribution in [2.45, 2.75) is 44.7 Å². The Kier molecular flexibility index (Phi) is 4.27. The Labute approximate surface area is 109 Å². The van der Waals surface area contributed by atoms with Gasteiger partial charge in [0.05, 0.1) is 17.5 Å². The summed E-state index contributed by atoms with van der Waals surface area (Å²) in [4.78, 5) is 14.2. The molecule has 2 heterocycles. The van der Waals surface area contributed by atoms with Gasteiger partial charge in [-0.2, -0.15) is 0 Å². The van der Waals surface area contributed by atoms with Crippen molar-refractivity contribution in [2.75, 3.05) is 24.6 Å². The number of likely N-dealkylation sites (N-methyl/N-ethyl adjacent to an activating group) is 1. The number of amides is 1. The van der Waals surface area contributed by atoms with Crippen molar-refractivity contribution >= 4 is 15.7 Å². The van der Waals surface area contributed by atoms with Gasteiger partial charge in [-0.1, -0.05) is 6.42 Å². The minimum absolute atomic E-state index is 0.0827. The van der Waals surface area contributed by atoms with Crippen molar-refractivity contribution < 1.29 is 13.2 Å². The van der Waals surface area contributed by atoms with E-state index in [0.717, 1.165) is 25.8 Å². The average Bonchev–Trinajstić information content (AvgIpc) is 2.71. The highest BCUT2D eigenvalue weighted by Crippen LogP contribution is 2.20. The van der Waals surface area contributed by atoms with Gasteiger partial charge in [0.1, 0.15) is 0 Å². The van der Waals surface area contributed by atoms with Gasteiger partial charge in [0.25, 0.3) is 0 Å². The first-order valence-corrected chi connectivity index (χ1v) is 8.60. The van der Waals surface area contributed by atoms with Crippen molar-refractivity contribution in [1.29, 1.82) is 0 Å². The van der Waals surface area contributed by atoms with Crippen LogP contribution in [0.15, 0.2) is 0 Å². The number of carbonyl (C=O) groups is 1. The molecule has 0 aromatic rings. The summed E-state index contributed by atoms with van der Waals surface area (Å²) in [5.74, 6) is 0.443. The molecule has 104 valence electrons. The van der Waals surface area contributed by atoms with E-state index in [1.807, 2.05) is 6.92 Å². The second kappa shape index (κ2) is 5.57. The van der Waals surface area contributed by atoms with E-state index in [4.69, 9.17) is 0 Å². The van der Waals surface area contributed by atoms with Crippen LogP contribution in [-0.4, -0.2) is 55.9 Å². The number of nitrogens with zero attached hydrogens (tertiary/aromatic N) is 1. The van der Waals surface area contributed by atoms with E-state index in [9.17, 15) is 13.2 Å². The Morgan fingerprint density at radius 2 is 2.11 bits per heavy atom. The highest BCUT2D eigenvalue weighted by Gasteiger charge is 2.36. The number of carbonyl (C=O) groups excluding carboxylic acids is 1. The van der Waals surface area contributed by atoms with E-state index >= 15 is 0 Å². The number of rotatable bonds is 3. The predicted molar refractivity (Wildman–Crippen MR) is 70.1 cm³/mol. The average molecular weight is 274 g/mol. The normalized spacial score (nSPS) is 31.2. The predicted octanol–water partition coefficient (Wildman–Crippen LogP) is 0.164. The van der Waals surface area contributed by atoms with Gasteiger partial charge in [-0.05, 0) is 32.7 Å². The van der Waals surface area contributed by atoms with E-state index in [1.54, 1.807) is 4.90 Å². The summed E-state index contributed by atoms with van der Waals surface area (Å²) in [7, 11) is -2.93. The molecule has 0 aromatic heterocycles. The molecule has 0 bridgehead atoms. The SMILES string of the molecule is CCN(C(=O)C1CCCCN1)C1CCS(=O)(=O)C1. The molecule has 2 rings (SSSR count). The second-order valence-corrected chi connectivity index (χ2v) is 7.41. The number of sulfone groups is 1. The van der Waals surface area contributed by atoms with Crippen LogP contribution in [0.1, 0.15) is 32.6 Å². The topological polar surface area (TPSA) is 66.5 Å². The number of piperidine rings is 1. The van der Waals surface area contributed by atoms with E-state index in [-0.39, 0.29) is 29.5 Å². The summed E-state index contributed by atoms with van der Waals surface area (Å²) in [6.07, 6.45) is 3.65. The zero-order valence-electron chi connectivity index (χ0n) is 10.9.